The fourth-order valence-electron chi connectivity index (χ4n) is 3.60. The number of benzene rings is 2. The molecule has 1 heterocycles. The lowest BCUT2D eigenvalue weighted by Crippen LogP contribution is -2.27. The van der Waals surface area contributed by atoms with Crippen LogP contribution in [0.3, 0.4) is 0 Å². The molecular weight excluding hydrogens is 487 g/mol. The van der Waals surface area contributed by atoms with Gasteiger partial charge < -0.3 is 21.1 Å². The molecule has 1 amide bonds. The van der Waals surface area contributed by atoms with E-state index >= 15 is 0 Å². The van der Waals surface area contributed by atoms with Crippen LogP contribution in [0.1, 0.15) is 32.7 Å². The molecular formula is C25H30F3N7O2. The predicted octanol–water partition coefficient (Wildman–Crippen LogP) is 4.00. The number of carbonyl (C=O) groups is 1. The smallest absolute Gasteiger partial charge is 0.397 e. The Morgan fingerprint density at radius 1 is 1.22 bits per heavy atom. The van der Waals surface area contributed by atoms with Gasteiger partial charge in [0.25, 0.3) is 5.91 Å². The van der Waals surface area contributed by atoms with Crippen LogP contribution < -0.4 is 27.2 Å². The molecule has 0 aliphatic rings. The van der Waals surface area contributed by atoms with Crippen LogP contribution in [0.25, 0.3) is 5.70 Å². The monoisotopic (exact) mass is 517 g/mol. The number of nitrogens with two attached hydrogens (primary N) is 2. The zero-order valence-electron chi connectivity index (χ0n) is 21.0. The van der Waals surface area contributed by atoms with Gasteiger partial charge in [0.2, 0.25) is 0 Å². The minimum atomic E-state index is -4.62. The second-order valence-electron chi connectivity index (χ2n) is 8.39. The minimum Gasteiger partial charge on any atom is -0.397 e. The Labute approximate surface area is 212 Å². The number of hydrogen-bond acceptors (Lipinski definition) is 7. The van der Waals surface area contributed by atoms with Crippen molar-refractivity contribution in [2.75, 3.05) is 35.9 Å². The molecule has 0 spiro atoms. The van der Waals surface area contributed by atoms with Gasteiger partial charge in [-0.05, 0) is 49.7 Å². The minimum absolute atomic E-state index is 0.00228. The van der Waals surface area contributed by atoms with E-state index in [9.17, 15) is 18.0 Å². The summed E-state index contributed by atoms with van der Waals surface area (Å²) in [6.07, 6.45) is -1.48. The summed E-state index contributed by atoms with van der Waals surface area (Å²) >= 11 is 0. The molecule has 0 unspecified atom stereocenters. The molecule has 6 N–H and O–H groups in total. The van der Waals surface area contributed by atoms with Crippen molar-refractivity contribution in [3.63, 3.8) is 0 Å². The Hall–Kier alpha value is -4.03. The number of aromatic nitrogens is 2. The normalized spacial score (nSPS) is 11.9. The Morgan fingerprint density at radius 2 is 1.95 bits per heavy atom. The molecule has 0 fully saturated rings. The van der Waals surface area contributed by atoms with Crippen molar-refractivity contribution >= 4 is 28.7 Å². The molecule has 0 bridgehead atoms. The number of carbonyl (C=O) groups excluding carboxylic acids is 1. The van der Waals surface area contributed by atoms with Crippen molar-refractivity contribution in [3.05, 3.63) is 76.7 Å². The number of aryl methyl sites for hydroxylation is 2. The molecule has 2 aromatic carbocycles. The van der Waals surface area contributed by atoms with E-state index < -0.39 is 17.6 Å². The molecule has 3 rings (SSSR count). The topological polar surface area (TPSA) is 123 Å². The third-order valence-electron chi connectivity index (χ3n) is 5.78. The number of alkyl halides is 3. The summed E-state index contributed by atoms with van der Waals surface area (Å²) in [6.45, 7) is 4.12. The molecule has 12 heteroatoms. The van der Waals surface area contributed by atoms with Gasteiger partial charge in [0.1, 0.15) is 0 Å². The first-order valence-electron chi connectivity index (χ1n) is 11.3. The lowest BCUT2D eigenvalue weighted by Gasteiger charge is -2.19. The molecule has 0 saturated carbocycles. The van der Waals surface area contributed by atoms with Gasteiger partial charge in [0, 0.05) is 55.1 Å². The summed E-state index contributed by atoms with van der Waals surface area (Å²) in [5.74, 6) is 5.63. The number of methoxy groups -OCH3 is 1. The van der Waals surface area contributed by atoms with Gasteiger partial charge in [0.05, 0.1) is 29.8 Å². The van der Waals surface area contributed by atoms with E-state index in [1.807, 2.05) is 6.92 Å². The van der Waals surface area contributed by atoms with Crippen molar-refractivity contribution in [1.82, 2.24) is 9.78 Å². The number of anilines is 3. The van der Waals surface area contributed by atoms with Crippen LogP contribution in [-0.2, 0) is 18.0 Å². The molecule has 0 aliphatic heterocycles. The molecule has 0 aliphatic carbocycles. The average molecular weight is 518 g/mol. The van der Waals surface area contributed by atoms with Crippen molar-refractivity contribution in [3.8, 4) is 0 Å². The molecule has 9 nitrogen and oxygen atoms in total. The van der Waals surface area contributed by atoms with Crippen LogP contribution in [0.15, 0.2) is 48.8 Å². The fraction of sp³-hybridized carbons (Fsp3) is 0.280. The van der Waals surface area contributed by atoms with E-state index in [1.165, 1.54) is 36.5 Å². The fourth-order valence-corrected chi connectivity index (χ4v) is 3.60. The second kappa shape index (κ2) is 11.4. The van der Waals surface area contributed by atoms with E-state index in [0.717, 1.165) is 17.3 Å². The number of ether oxygens (including phenoxy) is 1. The van der Waals surface area contributed by atoms with Gasteiger partial charge in [-0.3, -0.25) is 14.5 Å². The molecule has 3 aromatic rings. The molecule has 0 atom stereocenters. The van der Waals surface area contributed by atoms with E-state index in [4.69, 9.17) is 16.3 Å². The quantitative estimate of drug-likeness (QED) is 0.192. The van der Waals surface area contributed by atoms with Crippen LogP contribution in [-0.4, -0.2) is 35.9 Å². The highest BCUT2D eigenvalue weighted by Gasteiger charge is 2.34. The second-order valence-corrected chi connectivity index (χ2v) is 8.39. The zero-order chi connectivity index (χ0) is 27.3. The van der Waals surface area contributed by atoms with Gasteiger partial charge >= 0.3 is 6.18 Å². The third kappa shape index (κ3) is 6.60. The summed E-state index contributed by atoms with van der Waals surface area (Å²) in [4.78, 5) is 12.9. The van der Waals surface area contributed by atoms with E-state index in [0.29, 0.717) is 16.9 Å². The number of nitrogens with one attached hydrogen (secondary N) is 2. The van der Waals surface area contributed by atoms with Crippen LogP contribution >= 0.6 is 0 Å². The SMILES string of the molecule is COCCNc1ccc(NC(=O)c2ccc(C)c(N(N)/C=C(\N)c3cnn(C)c3C)c2)cc1C(F)(F)F. The Kier molecular flexibility index (Phi) is 8.46. The summed E-state index contributed by atoms with van der Waals surface area (Å²) in [7, 11) is 3.25. The average Bonchev–Trinajstić information content (AvgIpc) is 3.17. The molecule has 1 aromatic heterocycles. The number of halogens is 3. The van der Waals surface area contributed by atoms with Gasteiger partial charge in [-0.1, -0.05) is 6.07 Å². The van der Waals surface area contributed by atoms with Crippen LogP contribution in [0.4, 0.5) is 30.2 Å². The number of hydrogen-bond donors (Lipinski definition) is 4. The Morgan fingerprint density at radius 3 is 2.57 bits per heavy atom. The van der Waals surface area contributed by atoms with Crippen molar-refractivity contribution in [2.24, 2.45) is 18.6 Å². The lowest BCUT2D eigenvalue weighted by molar-refractivity contribution is -0.136. The highest BCUT2D eigenvalue weighted by Crippen LogP contribution is 2.36. The summed E-state index contributed by atoms with van der Waals surface area (Å²) in [5.41, 5.74) is 8.59. The molecule has 0 radical (unpaired) electrons. The first-order chi connectivity index (χ1) is 17.4. The van der Waals surface area contributed by atoms with Crippen LogP contribution in [0, 0.1) is 13.8 Å². The Bertz CT molecular complexity index is 1300. The molecule has 198 valence electrons. The highest BCUT2D eigenvalue weighted by molar-refractivity contribution is 6.05. The number of amides is 1. The molecule has 0 saturated heterocycles. The molecule has 37 heavy (non-hydrogen) atoms. The van der Waals surface area contributed by atoms with Crippen molar-refractivity contribution in [1.29, 1.82) is 0 Å². The van der Waals surface area contributed by atoms with Gasteiger partial charge in [-0.2, -0.15) is 18.3 Å². The Balaban J connectivity index is 1.83. The maximum absolute atomic E-state index is 13.6. The first-order valence-corrected chi connectivity index (χ1v) is 11.3. The largest absolute Gasteiger partial charge is 0.418 e. The summed E-state index contributed by atoms with van der Waals surface area (Å²) < 4.78 is 47.4. The van der Waals surface area contributed by atoms with Gasteiger partial charge in [-0.25, -0.2) is 5.84 Å². The highest BCUT2D eigenvalue weighted by atomic mass is 19.4. The maximum Gasteiger partial charge on any atom is 0.418 e. The lowest BCUT2D eigenvalue weighted by atomic mass is 10.1. The first kappa shape index (κ1) is 27.6. The number of nitrogens with zero attached hydrogens (tertiary/aromatic N) is 3. The van der Waals surface area contributed by atoms with Crippen LogP contribution in [0.2, 0.25) is 0 Å². The van der Waals surface area contributed by atoms with Crippen molar-refractivity contribution < 1.29 is 22.7 Å². The van der Waals surface area contributed by atoms with E-state index in [1.54, 1.807) is 37.0 Å². The van der Waals surface area contributed by atoms with Crippen LogP contribution in [0.5, 0.6) is 0 Å². The third-order valence-corrected chi connectivity index (χ3v) is 5.78. The van der Waals surface area contributed by atoms with E-state index in [2.05, 4.69) is 15.7 Å². The standard InChI is InChI=1S/C25H30F3N7O2/c1-15-5-6-17(11-23(15)35(30)14-21(29)19-13-32-34(3)16(19)2)24(36)33-18-7-8-22(31-9-10-37-4)20(12-18)25(26,27)28/h5-8,11-14,31H,9-10,29-30H2,1-4H3,(H,33,36)/b21-14-. The van der Waals surface area contributed by atoms with Crippen molar-refractivity contribution in [2.45, 2.75) is 20.0 Å². The predicted molar refractivity (Wildman–Crippen MR) is 138 cm³/mol. The number of rotatable bonds is 9. The zero-order valence-corrected chi connectivity index (χ0v) is 21.0. The van der Waals surface area contributed by atoms with E-state index in [-0.39, 0.29) is 30.1 Å². The van der Waals surface area contributed by atoms with Gasteiger partial charge in [-0.15, -0.1) is 0 Å². The summed E-state index contributed by atoms with van der Waals surface area (Å²) in [6, 6.07) is 8.34. The summed E-state index contributed by atoms with van der Waals surface area (Å²) in [5, 5.41) is 10.7. The van der Waals surface area contributed by atoms with Gasteiger partial charge in [0.15, 0.2) is 0 Å². The number of hydrazine groups is 1. The maximum atomic E-state index is 13.6.